The third kappa shape index (κ3) is 5.65. The van der Waals surface area contributed by atoms with Crippen molar-refractivity contribution in [1.82, 2.24) is 5.32 Å². The van der Waals surface area contributed by atoms with E-state index in [1.165, 1.54) is 4.88 Å². The number of carbonyl (C=O) groups is 1. The summed E-state index contributed by atoms with van der Waals surface area (Å²) in [5.74, 6) is 0.0827. The maximum Gasteiger partial charge on any atom is 0.286 e. The molecule has 0 unspecified atom stereocenters. The maximum absolute atomic E-state index is 12.4. The lowest BCUT2D eigenvalue weighted by Gasteiger charge is -2.28. The summed E-state index contributed by atoms with van der Waals surface area (Å²) in [6.45, 7) is 1.24. The van der Waals surface area contributed by atoms with Crippen LogP contribution in [0.1, 0.15) is 28.3 Å². The molecule has 0 fully saturated rings. The zero-order valence-corrected chi connectivity index (χ0v) is 16.6. The monoisotopic (exact) mass is 403 g/mol. The van der Waals surface area contributed by atoms with E-state index in [1.807, 2.05) is 41.8 Å². The summed E-state index contributed by atoms with van der Waals surface area (Å²) < 4.78 is 16.7. The normalized spacial score (nSPS) is 19.0. The standard InChI is InChI=1S/C21H25NO5S/c1-25-9-8-22-21(24)18-11-17(19-3-2-10-28-19)12-20(27-18)26-14-16-6-4-15(13-23)5-7-16/h2-7,10-11,17,20,23H,8-9,12-14H2,1H3,(H,22,24)/t17-,20+/m1/s1. The van der Waals surface area contributed by atoms with Gasteiger partial charge in [-0.25, -0.2) is 0 Å². The highest BCUT2D eigenvalue weighted by atomic mass is 32.1. The lowest BCUT2D eigenvalue weighted by atomic mass is 9.99. The molecule has 0 radical (unpaired) electrons. The molecule has 1 aromatic heterocycles. The van der Waals surface area contributed by atoms with Gasteiger partial charge in [-0.3, -0.25) is 4.79 Å². The van der Waals surface area contributed by atoms with Gasteiger partial charge in [0.1, 0.15) is 0 Å². The molecule has 0 saturated carbocycles. The van der Waals surface area contributed by atoms with Crippen molar-refractivity contribution in [2.24, 2.45) is 0 Å². The van der Waals surface area contributed by atoms with Crippen LogP contribution in [0.2, 0.25) is 0 Å². The van der Waals surface area contributed by atoms with Crippen molar-refractivity contribution in [3.05, 3.63) is 69.6 Å². The first kappa shape index (κ1) is 20.5. The van der Waals surface area contributed by atoms with Crippen LogP contribution < -0.4 is 5.32 Å². The van der Waals surface area contributed by atoms with Crippen LogP contribution in [0, 0.1) is 0 Å². The highest BCUT2D eigenvalue weighted by molar-refractivity contribution is 7.10. The Morgan fingerprint density at radius 3 is 2.75 bits per heavy atom. The average molecular weight is 404 g/mol. The maximum atomic E-state index is 12.4. The van der Waals surface area contributed by atoms with E-state index in [0.717, 1.165) is 11.1 Å². The molecule has 0 spiro atoms. The Labute approximate surface area is 168 Å². The summed E-state index contributed by atoms with van der Waals surface area (Å²) in [6, 6.07) is 11.6. The number of rotatable bonds is 9. The molecular formula is C21H25NO5S. The fourth-order valence-electron chi connectivity index (χ4n) is 2.90. The van der Waals surface area contributed by atoms with E-state index in [2.05, 4.69) is 11.4 Å². The minimum absolute atomic E-state index is 0.0156. The van der Waals surface area contributed by atoms with Crippen molar-refractivity contribution < 1.29 is 24.1 Å². The number of aliphatic hydroxyl groups excluding tert-OH is 1. The van der Waals surface area contributed by atoms with Crippen LogP contribution >= 0.6 is 11.3 Å². The van der Waals surface area contributed by atoms with Crippen molar-refractivity contribution >= 4 is 17.2 Å². The van der Waals surface area contributed by atoms with Crippen LogP contribution in [0.4, 0.5) is 0 Å². The van der Waals surface area contributed by atoms with E-state index >= 15 is 0 Å². The van der Waals surface area contributed by atoms with Gasteiger partial charge in [-0.15, -0.1) is 11.3 Å². The average Bonchev–Trinajstić information content (AvgIpc) is 3.27. The Morgan fingerprint density at radius 2 is 2.07 bits per heavy atom. The Kier molecular flexibility index (Phi) is 7.62. The highest BCUT2D eigenvalue weighted by Gasteiger charge is 2.29. The topological polar surface area (TPSA) is 77.0 Å². The van der Waals surface area contributed by atoms with Crippen LogP contribution in [0.5, 0.6) is 0 Å². The lowest BCUT2D eigenvalue weighted by Crippen LogP contribution is -2.34. The zero-order chi connectivity index (χ0) is 19.8. The van der Waals surface area contributed by atoms with E-state index in [-0.39, 0.29) is 24.2 Å². The summed E-state index contributed by atoms with van der Waals surface area (Å²) in [4.78, 5) is 13.6. The van der Waals surface area contributed by atoms with Gasteiger partial charge < -0.3 is 24.6 Å². The number of hydrogen-bond acceptors (Lipinski definition) is 6. The summed E-state index contributed by atoms with van der Waals surface area (Å²) in [5.41, 5.74) is 1.84. The number of nitrogens with one attached hydrogen (secondary N) is 1. The number of amides is 1. The molecule has 0 bridgehead atoms. The second-order valence-corrected chi connectivity index (χ2v) is 7.45. The van der Waals surface area contributed by atoms with Crippen molar-refractivity contribution in [3.63, 3.8) is 0 Å². The van der Waals surface area contributed by atoms with Gasteiger partial charge in [0.25, 0.3) is 5.91 Å². The van der Waals surface area contributed by atoms with Gasteiger partial charge >= 0.3 is 0 Å². The van der Waals surface area contributed by atoms with Crippen LogP contribution in [0.3, 0.4) is 0 Å². The van der Waals surface area contributed by atoms with Crippen LogP contribution in [0.25, 0.3) is 0 Å². The predicted molar refractivity (Wildman–Crippen MR) is 107 cm³/mol. The van der Waals surface area contributed by atoms with Gasteiger partial charge in [0.15, 0.2) is 5.76 Å². The summed E-state index contributed by atoms with van der Waals surface area (Å²) in [7, 11) is 1.59. The predicted octanol–water partition coefficient (Wildman–Crippen LogP) is 2.93. The Balaban J connectivity index is 1.65. The van der Waals surface area contributed by atoms with E-state index in [9.17, 15) is 4.79 Å². The van der Waals surface area contributed by atoms with Crippen LogP contribution in [-0.2, 0) is 32.2 Å². The van der Waals surface area contributed by atoms with E-state index in [1.54, 1.807) is 18.4 Å². The number of allylic oxidation sites excluding steroid dienone is 1. The molecule has 6 nitrogen and oxygen atoms in total. The molecule has 1 aromatic carbocycles. The molecule has 0 saturated heterocycles. The first-order valence-corrected chi connectivity index (χ1v) is 10.1. The smallest absolute Gasteiger partial charge is 0.286 e. The summed E-state index contributed by atoms with van der Waals surface area (Å²) in [5, 5.41) is 14.0. The first-order valence-electron chi connectivity index (χ1n) is 9.19. The number of thiophene rings is 1. The molecule has 0 aliphatic carbocycles. The van der Waals surface area contributed by atoms with Crippen molar-refractivity contribution in [2.45, 2.75) is 31.8 Å². The van der Waals surface area contributed by atoms with E-state index in [0.29, 0.717) is 26.2 Å². The molecule has 28 heavy (non-hydrogen) atoms. The minimum atomic E-state index is -0.516. The Morgan fingerprint density at radius 1 is 1.29 bits per heavy atom. The molecule has 1 aliphatic rings. The first-order chi connectivity index (χ1) is 13.7. The molecule has 2 heterocycles. The van der Waals surface area contributed by atoms with Crippen molar-refractivity contribution in [2.75, 3.05) is 20.3 Å². The van der Waals surface area contributed by atoms with Crippen molar-refractivity contribution in [1.29, 1.82) is 0 Å². The molecule has 2 aromatic rings. The number of carbonyl (C=O) groups excluding carboxylic acids is 1. The largest absolute Gasteiger partial charge is 0.459 e. The van der Waals surface area contributed by atoms with Crippen LogP contribution in [-0.4, -0.2) is 37.6 Å². The second kappa shape index (κ2) is 10.4. The molecular weight excluding hydrogens is 378 g/mol. The van der Waals surface area contributed by atoms with Gasteiger partial charge in [-0.1, -0.05) is 30.3 Å². The number of methoxy groups -OCH3 is 1. The summed E-state index contributed by atoms with van der Waals surface area (Å²) in [6.07, 6.45) is 1.99. The Hall–Kier alpha value is -2.19. The molecule has 2 N–H and O–H groups in total. The van der Waals surface area contributed by atoms with E-state index < -0.39 is 6.29 Å². The highest BCUT2D eigenvalue weighted by Crippen LogP contribution is 2.34. The fraction of sp³-hybridized carbons (Fsp3) is 0.381. The van der Waals surface area contributed by atoms with E-state index in [4.69, 9.17) is 19.3 Å². The third-order valence-electron chi connectivity index (χ3n) is 4.42. The Bertz CT molecular complexity index is 773. The van der Waals surface area contributed by atoms with Crippen molar-refractivity contribution in [3.8, 4) is 0 Å². The zero-order valence-electron chi connectivity index (χ0n) is 15.8. The second-order valence-electron chi connectivity index (χ2n) is 6.47. The minimum Gasteiger partial charge on any atom is -0.459 e. The van der Waals surface area contributed by atoms with Gasteiger partial charge in [0.05, 0.1) is 19.8 Å². The SMILES string of the molecule is COCCNC(=O)C1=C[C@@H](c2cccs2)C[C@@H](OCc2ccc(CO)cc2)O1. The molecule has 150 valence electrons. The van der Waals surface area contributed by atoms with Gasteiger partial charge in [-0.2, -0.15) is 0 Å². The van der Waals surface area contributed by atoms with Gasteiger partial charge in [0, 0.05) is 30.9 Å². The summed E-state index contributed by atoms with van der Waals surface area (Å²) >= 11 is 1.65. The van der Waals surface area contributed by atoms with Gasteiger partial charge in [0.2, 0.25) is 6.29 Å². The van der Waals surface area contributed by atoms with Gasteiger partial charge in [-0.05, 0) is 28.6 Å². The number of ether oxygens (including phenoxy) is 3. The number of aliphatic hydroxyl groups is 1. The van der Waals surface area contributed by atoms with Crippen LogP contribution in [0.15, 0.2) is 53.6 Å². The molecule has 7 heteroatoms. The molecule has 1 aliphatic heterocycles. The quantitative estimate of drug-likeness (QED) is 0.630. The molecule has 1 amide bonds. The number of hydrogen-bond donors (Lipinski definition) is 2. The molecule has 2 atom stereocenters. The molecule has 3 rings (SSSR count). The number of benzene rings is 1. The fourth-order valence-corrected chi connectivity index (χ4v) is 3.71. The third-order valence-corrected chi connectivity index (χ3v) is 5.43. The lowest BCUT2D eigenvalue weighted by molar-refractivity contribution is -0.150.